The number of benzene rings is 1. The van der Waals surface area contributed by atoms with Crippen molar-refractivity contribution in [2.24, 2.45) is 15.8 Å². The van der Waals surface area contributed by atoms with Crippen LogP contribution in [-0.2, 0) is 4.79 Å². The number of hydrogen-bond donors (Lipinski definition) is 0. The lowest BCUT2D eigenvalue weighted by molar-refractivity contribution is -0.206. The number of halogens is 1. The summed E-state index contributed by atoms with van der Waals surface area (Å²) in [6.07, 6.45) is 2.76. The van der Waals surface area contributed by atoms with Crippen LogP contribution in [0.4, 0.5) is 0 Å². The summed E-state index contributed by atoms with van der Waals surface area (Å²) >= 11 is 6.16. The van der Waals surface area contributed by atoms with Crippen molar-refractivity contribution >= 4 is 23.2 Å². The van der Waals surface area contributed by atoms with Gasteiger partial charge in [-0.25, -0.2) is 0 Å². The lowest BCUT2D eigenvalue weighted by Crippen LogP contribution is -2.74. The lowest BCUT2D eigenvalue weighted by Gasteiger charge is -2.65. The van der Waals surface area contributed by atoms with Crippen LogP contribution in [-0.4, -0.2) is 41.8 Å². The molecule has 0 atom stereocenters. The van der Waals surface area contributed by atoms with Gasteiger partial charge in [0.15, 0.2) is 0 Å². The second-order valence-electron chi connectivity index (χ2n) is 8.96. The van der Waals surface area contributed by atoms with Gasteiger partial charge in [-0.05, 0) is 18.6 Å². The number of carbonyl (C=O) groups excluding carboxylic acids is 1. The van der Waals surface area contributed by atoms with Crippen molar-refractivity contribution in [1.29, 1.82) is 5.26 Å². The second-order valence-corrected chi connectivity index (χ2v) is 9.37. The highest BCUT2D eigenvalue weighted by Crippen LogP contribution is 2.58. The molecule has 1 saturated heterocycles. The van der Waals surface area contributed by atoms with Crippen molar-refractivity contribution in [3.05, 3.63) is 40.4 Å². The number of nitriles is 1. The van der Waals surface area contributed by atoms with E-state index in [4.69, 9.17) is 21.6 Å². The molecular formula is C22H24ClN3O2. The first kappa shape index (κ1) is 19.0. The largest absolute Gasteiger partial charge is 0.489 e. The van der Waals surface area contributed by atoms with Crippen LogP contribution < -0.4 is 4.74 Å². The zero-order chi connectivity index (χ0) is 20.3. The molecular weight excluding hydrogens is 374 g/mol. The molecule has 0 bridgehead atoms. The molecule has 28 heavy (non-hydrogen) atoms. The summed E-state index contributed by atoms with van der Waals surface area (Å²) in [5, 5.41) is 9.44. The van der Waals surface area contributed by atoms with Gasteiger partial charge < -0.3 is 9.64 Å². The Morgan fingerprint density at radius 1 is 1.29 bits per heavy atom. The van der Waals surface area contributed by atoms with Crippen molar-refractivity contribution in [2.75, 3.05) is 13.1 Å². The molecule has 0 aromatic heterocycles. The van der Waals surface area contributed by atoms with Gasteiger partial charge in [0.2, 0.25) is 0 Å². The molecule has 0 radical (unpaired) electrons. The quantitative estimate of drug-likeness (QED) is 0.774. The smallest absolute Gasteiger partial charge is 0.256 e. The fourth-order valence-electron chi connectivity index (χ4n) is 5.56. The van der Waals surface area contributed by atoms with Crippen LogP contribution in [0.3, 0.4) is 0 Å². The van der Waals surface area contributed by atoms with Crippen molar-refractivity contribution in [1.82, 2.24) is 4.90 Å². The summed E-state index contributed by atoms with van der Waals surface area (Å²) in [6, 6.07) is 7.24. The molecule has 0 unspecified atom stereocenters. The second kappa shape index (κ2) is 6.35. The molecule has 5 nitrogen and oxygen atoms in total. The molecule has 2 heterocycles. The molecule has 146 valence electrons. The first-order valence-electron chi connectivity index (χ1n) is 9.59. The van der Waals surface area contributed by atoms with E-state index in [1.807, 2.05) is 11.0 Å². The van der Waals surface area contributed by atoms with Gasteiger partial charge in [-0.1, -0.05) is 45.4 Å². The number of dihydropyridines is 1. The summed E-state index contributed by atoms with van der Waals surface area (Å²) in [6.45, 7) is 9.92. The Morgan fingerprint density at radius 2 is 2.00 bits per heavy atom. The number of hydrogen-bond acceptors (Lipinski definition) is 4. The minimum Gasteiger partial charge on any atom is -0.489 e. The summed E-state index contributed by atoms with van der Waals surface area (Å²) in [5.74, 6) is 0.728. The van der Waals surface area contributed by atoms with Crippen LogP contribution in [0.25, 0.3) is 0 Å². The van der Waals surface area contributed by atoms with Crippen LogP contribution in [0, 0.1) is 22.2 Å². The summed E-state index contributed by atoms with van der Waals surface area (Å²) in [4.78, 5) is 19.5. The Hall–Kier alpha value is -2.32. The molecule has 1 aromatic rings. The van der Waals surface area contributed by atoms with Crippen molar-refractivity contribution < 1.29 is 9.53 Å². The zero-order valence-electron chi connectivity index (χ0n) is 16.6. The molecule has 6 heteroatoms. The Labute approximate surface area is 170 Å². The van der Waals surface area contributed by atoms with E-state index < -0.39 is 0 Å². The fraction of sp³-hybridized carbons (Fsp3) is 0.500. The van der Waals surface area contributed by atoms with Crippen LogP contribution in [0.15, 0.2) is 34.8 Å². The third kappa shape index (κ3) is 2.66. The van der Waals surface area contributed by atoms with Gasteiger partial charge in [-0.2, -0.15) is 5.26 Å². The van der Waals surface area contributed by atoms with Gasteiger partial charge >= 0.3 is 0 Å². The summed E-state index contributed by atoms with van der Waals surface area (Å²) < 4.78 is 6.33. The first-order chi connectivity index (χ1) is 13.2. The SMILES string of the molecule is CC1(C)[C@H](Oc2ccc(C#N)c(Cl)c2)C(C)(C)[C@H]1N1CC2=NCCC=C2C1=O. The summed E-state index contributed by atoms with van der Waals surface area (Å²) in [5.41, 5.74) is 1.65. The number of ether oxygens (including phenoxy) is 1. The molecule has 0 spiro atoms. The molecule has 0 N–H and O–H groups in total. The molecule has 1 aliphatic carbocycles. The average Bonchev–Trinajstić information content (AvgIpc) is 2.95. The minimum atomic E-state index is -0.242. The predicted octanol–water partition coefficient (Wildman–Crippen LogP) is 4.01. The maximum absolute atomic E-state index is 13.0. The van der Waals surface area contributed by atoms with E-state index in [1.54, 1.807) is 18.2 Å². The lowest BCUT2D eigenvalue weighted by atomic mass is 9.49. The third-order valence-corrected chi connectivity index (χ3v) is 6.60. The van der Waals surface area contributed by atoms with Crippen LogP contribution in [0.1, 0.15) is 39.7 Å². The first-order valence-corrected chi connectivity index (χ1v) is 9.97. The highest BCUT2D eigenvalue weighted by Gasteiger charge is 2.67. The average molecular weight is 398 g/mol. The van der Waals surface area contributed by atoms with Gasteiger partial charge in [0.25, 0.3) is 5.91 Å². The van der Waals surface area contributed by atoms with Gasteiger partial charge in [-0.15, -0.1) is 0 Å². The molecule has 4 rings (SSSR count). The minimum absolute atomic E-state index is 0.0422. The fourth-order valence-corrected chi connectivity index (χ4v) is 5.78. The number of nitrogens with zero attached hydrogens (tertiary/aromatic N) is 3. The highest BCUT2D eigenvalue weighted by molar-refractivity contribution is 6.31. The highest BCUT2D eigenvalue weighted by atomic mass is 35.5. The normalized spacial score (nSPS) is 27.3. The van der Waals surface area contributed by atoms with E-state index in [0.717, 1.165) is 24.3 Å². The van der Waals surface area contributed by atoms with Gasteiger partial charge in [0, 0.05) is 29.5 Å². The standard InChI is InChI=1S/C22H24ClN3O2/c1-21(2)19(26-12-17-15(18(26)27)6-5-9-25-17)22(3,4)20(21)28-14-8-7-13(11-24)16(23)10-14/h6-8,10,19-20H,5,9,12H2,1-4H3/t19-,20-. The molecule has 1 aromatic carbocycles. The van der Waals surface area contributed by atoms with E-state index in [0.29, 0.717) is 22.9 Å². The van der Waals surface area contributed by atoms with Crippen LogP contribution >= 0.6 is 11.6 Å². The Bertz CT molecular complexity index is 939. The van der Waals surface area contributed by atoms with E-state index in [2.05, 4.69) is 38.8 Å². The number of likely N-dealkylation sites (tertiary alicyclic amines) is 1. The molecule has 1 saturated carbocycles. The van der Waals surface area contributed by atoms with Crippen molar-refractivity contribution in [3.8, 4) is 11.8 Å². The van der Waals surface area contributed by atoms with E-state index >= 15 is 0 Å². The van der Waals surface area contributed by atoms with Crippen LogP contribution in [0.2, 0.25) is 5.02 Å². The maximum atomic E-state index is 13.0. The van der Waals surface area contributed by atoms with Gasteiger partial charge in [0.1, 0.15) is 17.9 Å². The van der Waals surface area contributed by atoms with Crippen molar-refractivity contribution in [3.63, 3.8) is 0 Å². The monoisotopic (exact) mass is 397 g/mol. The number of carbonyl (C=O) groups is 1. The van der Waals surface area contributed by atoms with E-state index in [-0.39, 0.29) is 28.9 Å². The van der Waals surface area contributed by atoms with E-state index in [1.165, 1.54) is 0 Å². The third-order valence-electron chi connectivity index (χ3n) is 6.29. The number of fused-ring (bicyclic) bond motifs is 1. The molecule has 3 aliphatic rings. The van der Waals surface area contributed by atoms with E-state index in [9.17, 15) is 4.79 Å². The number of rotatable bonds is 3. The zero-order valence-corrected chi connectivity index (χ0v) is 17.4. The predicted molar refractivity (Wildman–Crippen MR) is 109 cm³/mol. The molecule has 1 amide bonds. The maximum Gasteiger partial charge on any atom is 0.256 e. The Balaban J connectivity index is 1.59. The molecule has 2 aliphatic heterocycles. The van der Waals surface area contributed by atoms with Crippen molar-refractivity contribution in [2.45, 2.75) is 46.3 Å². The summed E-state index contributed by atoms with van der Waals surface area (Å²) in [7, 11) is 0. The Morgan fingerprint density at radius 3 is 2.61 bits per heavy atom. The number of amides is 1. The van der Waals surface area contributed by atoms with Gasteiger partial charge in [0.05, 0.1) is 28.4 Å². The number of aliphatic imine (C=N–C) groups is 1. The van der Waals surface area contributed by atoms with Crippen LogP contribution in [0.5, 0.6) is 5.75 Å². The van der Waals surface area contributed by atoms with Gasteiger partial charge in [-0.3, -0.25) is 9.79 Å². The molecule has 2 fully saturated rings. The Kier molecular flexibility index (Phi) is 4.31. The topological polar surface area (TPSA) is 65.7 Å².